The summed E-state index contributed by atoms with van der Waals surface area (Å²) in [4.78, 5) is 13.9. The molecule has 1 aliphatic carbocycles. The molecule has 0 atom stereocenters. The van der Waals surface area contributed by atoms with Crippen LogP contribution in [0.4, 0.5) is 5.69 Å². The highest BCUT2D eigenvalue weighted by Crippen LogP contribution is 2.47. The predicted molar refractivity (Wildman–Crippen MR) is 67.8 cm³/mol. The first-order chi connectivity index (χ1) is 8.66. The molecular weight excluding hydrogens is 230 g/mol. The molecule has 0 radical (unpaired) electrons. The van der Waals surface area contributed by atoms with Crippen molar-refractivity contribution in [1.29, 1.82) is 0 Å². The second-order valence-electron chi connectivity index (χ2n) is 5.19. The highest BCUT2D eigenvalue weighted by molar-refractivity contribution is 5.99. The Morgan fingerprint density at radius 3 is 2.94 bits per heavy atom. The fraction of sp³-hybridized carbons (Fsp3) is 0.500. The van der Waals surface area contributed by atoms with E-state index in [4.69, 9.17) is 4.74 Å². The third-order valence-electron chi connectivity index (χ3n) is 3.97. The number of aliphatic hydroxyl groups excluding tert-OH is 1. The number of aliphatic hydroxyl groups is 1. The molecule has 1 aliphatic heterocycles. The van der Waals surface area contributed by atoms with Gasteiger partial charge in [-0.15, -0.1) is 0 Å². The minimum Gasteiger partial charge on any atom is -0.493 e. The van der Waals surface area contributed by atoms with E-state index < -0.39 is 5.41 Å². The van der Waals surface area contributed by atoms with Gasteiger partial charge >= 0.3 is 0 Å². The number of carbonyl (C=O) groups excluding carboxylic acids is 1. The maximum atomic E-state index is 12.3. The Balaban J connectivity index is 1.84. The molecule has 1 heterocycles. The summed E-state index contributed by atoms with van der Waals surface area (Å²) < 4.78 is 5.45. The van der Waals surface area contributed by atoms with Gasteiger partial charge in [0.05, 0.1) is 18.6 Å². The molecule has 4 heteroatoms. The summed E-state index contributed by atoms with van der Waals surface area (Å²) in [6.45, 7) is 0.668. The van der Waals surface area contributed by atoms with Crippen LogP contribution < -0.4 is 9.64 Å². The molecule has 96 valence electrons. The molecular formula is C14H17NO3. The lowest BCUT2D eigenvalue weighted by Crippen LogP contribution is -2.36. The molecule has 2 aliphatic rings. The van der Waals surface area contributed by atoms with Gasteiger partial charge in [-0.25, -0.2) is 0 Å². The van der Waals surface area contributed by atoms with E-state index in [2.05, 4.69) is 0 Å². The number of anilines is 1. The minimum absolute atomic E-state index is 0.0175. The van der Waals surface area contributed by atoms with Crippen molar-refractivity contribution in [3.63, 3.8) is 0 Å². The van der Waals surface area contributed by atoms with E-state index in [1.165, 1.54) is 0 Å². The number of carbonyl (C=O) groups is 1. The monoisotopic (exact) mass is 247 g/mol. The van der Waals surface area contributed by atoms with Crippen LogP contribution in [0.2, 0.25) is 0 Å². The predicted octanol–water partition coefficient (Wildman–Crippen LogP) is 1.36. The summed E-state index contributed by atoms with van der Waals surface area (Å²) in [6, 6.07) is 5.82. The number of fused-ring (bicyclic) bond motifs is 1. The van der Waals surface area contributed by atoms with Gasteiger partial charge < -0.3 is 14.7 Å². The van der Waals surface area contributed by atoms with E-state index >= 15 is 0 Å². The standard InChI is InChI=1S/C14H17NO3/c1-15(13(17)14(9-16)5-6-14)11-2-3-12-10(8-11)4-7-18-12/h2-3,8,16H,4-7,9H2,1H3. The first-order valence-electron chi connectivity index (χ1n) is 6.31. The van der Waals surface area contributed by atoms with E-state index in [1.54, 1.807) is 11.9 Å². The van der Waals surface area contributed by atoms with Crippen molar-refractivity contribution in [3.8, 4) is 5.75 Å². The average Bonchev–Trinajstić information content (AvgIpc) is 3.07. The SMILES string of the molecule is CN(C(=O)C1(CO)CC1)c1ccc2c(c1)CCO2. The van der Waals surface area contributed by atoms with Crippen molar-refractivity contribution < 1.29 is 14.6 Å². The molecule has 1 N–H and O–H groups in total. The van der Waals surface area contributed by atoms with Gasteiger partial charge in [0, 0.05) is 19.2 Å². The average molecular weight is 247 g/mol. The minimum atomic E-state index is -0.510. The fourth-order valence-electron chi connectivity index (χ4n) is 2.45. The Morgan fingerprint density at radius 2 is 2.28 bits per heavy atom. The van der Waals surface area contributed by atoms with E-state index in [0.717, 1.165) is 42.9 Å². The summed E-state index contributed by atoms with van der Waals surface area (Å²) in [5, 5.41) is 9.31. The zero-order valence-corrected chi connectivity index (χ0v) is 10.5. The van der Waals surface area contributed by atoms with Crippen LogP contribution in [0.15, 0.2) is 18.2 Å². The maximum absolute atomic E-state index is 12.3. The molecule has 0 unspecified atom stereocenters. The maximum Gasteiger partial charge on any atom is 0.235 e. The number of benzene rings is 1. The van der Waals surface area contributed by atoms with Gasteiger partial charge in [0.25, 0.3) is 0 Å². The summed E-state index contributed by atoms with van der Waals surface area (Å²) in [5.74, 6) is 0.937. The molecule has 0 bridgehead atoms. The van der Waals surface area contributed by atoms with Crippen LogP contribution in [0.5, 0.6) is 5.75 Å². The molecule has 1 saturated carbocycles. The Kier molecular flexibility index (Phi) is 2.55. The van der Waals surface area contributed by atoms with Crippen LogP contribution in [0.1, 0.15) is 18.4 Å². The molecule has 0 aromatic heterocycles. The molecule has 1 amide bonds. The third kappa shape index (κ3) is 1.68. The summed E-state index contributed by atoms with van der Waals surface area (Å²) in [6.07, 6.45) is 2.48. The zero-order valence-electron chi connectivity index (χ0n) is 10.5. The van der Waals surface area contributed by atoms with Crippen LogP contribution in [0.25, 0.3) is 0 Å². The van der Waals surface area contributed by atoms with E-state index in [-0.39, 0.29) is 12.5 Å². The van der Waals surface area contributed by atoms with Gasteiger partial charge in [0.15, 0.2) is 0 Å². The van der Waals surface area contributed by atoms with Crippen molar-refractivity contribution in [2.45, 2.75) is 19.3 Å². The Hall–Kier alpha value is -1.55. The Morgan fingerprint density at radius 1 is 1.50 bits per heavy atom. The number of nitrogens with zero attached hydrogens (tertiary/aromatic N) is 1. The number of amides is 1. The molecule has 1 aromatic carbocycles. The van der Waals surface area contributed by atoms with Crippen molar-refractivity contribution in [3.05, 3.63) is 23.8 Å². The number of hydrogen-bond donors (Lipinski definition) is 1. The Labute approximate surface area is 106 Å². The molecule has 4 nitrogen and oxygen atoms in total. The number of ether oxygens (including phenoxy) is 1. The van der Waals surface area contributed by atoms with Crippen LogP contribution in [0, 0.1) is 5.41 Å². The van der Waals surface area contributed by atoms with Gasteiger partial charge in [-0.2, -0.15) is 0 Å². The van der Waals surface area contributed by atoms with Gasteiger partial charge in [-0.1, -0.05) is 0 Å². The molecule has 1 fully saturated rings. The van der Waals surface area contributed by atoms with E-state index in [1.807, 2.05) is 18.2 Å². The highest BCUT2D eigenvalue weighted by Gasteiger charge is 2.50. The van der Waals surface area contributed by atoms with Crippen molar-refractivity contribution in [2.24, 2.45) is 5.41 Å². The molecule has 1 aromatic rings. The van der Waals surface area contributed by atoms with Gasteiger partial charge in [-0.3, -0.25) is 4.79 Å². The quantitative estimate of drug-likeness (QED) is 0.877. The third-order valence-corrected chi connectivity index (χ3v) is 3.97. The largest absolute Gasteiger partial charge is 0.493 e. The van der Waals surface area contributed by atoms with E-state index in [0.29, 0.717) is 0 Å². The first kappa shape index (κ1) is 11.5. The van der Waals surface area contributed by atoms with E-state index in [9.17, 15) is 9.90 Å². The summed E-state index contributed by atoms with van der Waals surface area (Å²) in [7, 11) is 1.77. The Bertz CT molecular complexity index is 494. The van der Waals surface area contributed by atoms with Crippen LogP contribution in [0.3, 0.4) is 0 Å². The summed E-state index contributed by atoms with van der Waals surface area (Å²) >= 11 is 0. The lowest BCUT2D eigenvalue weighted by Gasteiger charge is -2.22. The topological polar surface area (TPSA) is 49.8 Å². The summed E-state index contributed by atoms with van der Waals surface area (Å²) in [5.41, 5.74) is 1.52. The normalized spacial score (nSPS) is 19.0. The number of rotatable bonds is 3. The van der Waals surface area contributed by atoms with Crippen molar-refractivity contribution in [1.82, 2.24) is 0 Å². The van der Waals surface area contributed by atoms with Gasteiger partial charge in [-0.05, 0) is 36.6 Å². The number of hydrogen-bond acceptors (Lipinski definition) is 3. The van der Waals surface area contributed by atoms with Crippen molar-refractivity contribution in [2.75, 3.05) is 25.2 Å². The smallest absolute Gasteiger partial charge is 0.235 e. The van der Waals surface area contributed by atoms with Gasteiger partial charge in [0.1, 0.15) is 5.75 Å². The van der Waals surface area contributed by atoms with Crippen molar-refractivity contribution >= 4 is 11.6 Å². The molecule has 0 spiro atoms. The lowest BCUT2D eigenvalue weighted by molar-refractivity contribution is -0.124. The second kappa shape index (κ2) is 3.99. The second-order valence-corrected chi connectivity index (χ2v) is 5.19. The highest BCUT2D eigenvalue weighted by atomic mass is 16.5. The molecule has 3 rings (SSSR count). The van der Waals surface area contributed by atoms with Crippen LogP contribution >= 0.6 is 0 Å². The van der Waals surface area contributed by atoms with Gasteiger partial charge in [0.2, 0.25) is 5.91 Å². The van der Waals surface area contributed by atoms with Crippen LogP contribution in [-0.2, 0) is 11.2 Å². The van der Waals surface area contributed by atoms with Crippen LogP contribution in [-0.4, -0.2) is 31.3 Å². The fourth-order valence-corrected chi connectivity index (χ4v) is 2.45. The first-order valence-corrected chi connectivity index (χ1v) is 6.31. The zero-order chi connectivity index (χ0) is 12.8. The molecule has 18 heavy (non-hydrogen) atoms. The lowest BCUT2D eigenvalue weighted by atomic mass is 10.1. The molecule has 0 saturated heterocycles.